The minimum atomic E-state index is 0.139. The van der Waals surface area contributed by atoms with Crippen LogP contribution in [0.5, 0.6) is 11.6 Å². The van der Waals surface area contributed by atoms with Gasteiger partial charge in [-0.3, -0.25) is 5.10 Å². The number of allylic oxidation sites excluding steroid dienone is 1. The van der Waals surface area contributed by atoms with E-state index < -0.39 is 0 Å². The molecular formula is C14H13N5O. The van der Waals surface area contributed by atoms with Gasteiger partial charge in [-0.1, -0.05) is 30.4 Å². The van der Waals surface area contributed by atoms with E-state index in [1.54, 1.807) is 6.20 Å². The Labute approximate surface area is 115 Å². The highest BCUT2D eigenvalue weighted by Gasteiger charge is 2.11. The zero-order valence-corrected chi connectivity index (χ0v) is 10.9. The number of benzene rings is 1. The van der Waals surface area contributed by atoms with Gasteiger partial charge in [0, 0.05) is 5.56 Å². The smallest absolute Gasteiger partial charge is 0.235 e. The van der Waals surface area contributed by atoms with Gasteiger partial charge in [0.25, 0.3) is 0 Å². The molecule has 100 valence electrons. The summed E-state index contributed by atoms with van der Waals surface area (Å²) in [4.78, 5) is 8.18. The zero-order valence-electron chi connectivity index (χ0n) is 10.9. The molecule has 6 heteroatoms. The van der Waals surface area contributed by atoms with Crippen molar-refractivity contribution in [3.8, 4) is 11.6 Å². The first-order valence-corrected chi connectivity index (χ1v) is 6.14. The second-order valence-corrected chi connectivity index (χ2v) is 4.16. The first-order chi connectivity index (χ1) is 9.78. The van der Waals surface area contributed by atoms with Gasteiger partial charge in [-0.05, 0) is 13.0 Å². The highest BCUT2D eigenvalue weighted by molar-refractivity contribution is 5.80. The van der Waals surface area contributed by atoms with E-state index in [1.807, 2.05) is 43.3 Å². The molecule has 0 unspecified atom stereocenters. The van der Waals surface area contributed by atoms with Crippen molar-refractivity contribution in [3.05, 3.63) is 42.1 Å². The van der Waals surface area contributed by atoms with E-state index in [0.29, 0.717) is 22.7 Å². The number of nitrogens with two attached hydrogens (primary N) is 1. The average Bonchev–Trinajstić information content (AvgIpc) is 2.89. The Hall–Kier alpha value is -2.89. The Kier molecular flexibility index (Phi) is 3.04. The maximum atomic E-state index is 5.87. The molecule has 0 amide bonds. The largest absolute Gasteiger partial charge is 0.437 e. The van der Waals surface area contributed by atoms with Crippen molar-refractivity contribution in [2.75, 3.05) is 5.73 Å². The van der Waals surface area contributed by atoms with Crippen molar-refractivity contribution in [2.45, 2.75) is 6.92 Å². The molecule has 6 nitrogen and oxygen atoms in total. The Balaban J connectivity index is 2.07. The number of fused-ring (bicyclic) bond motifs is 1. The topological polar surface area (TPSA) is 89.7 Å². The summed E-state index contributed by atoms with van der Waals surface area (Å²) in [6.07, 6.45) is 5.53. The Morgan fingerprint density at radius 1 is 1.25 bits per heavy atom. The van der Waals surface area contributed by atoms with Crippen LogP contribution in [0.15, 0.2) is 36.5 Å². The molecule has 0 aliphatic heterocycles. The molecule has 3 aromatic rings. The van der Waals surface area contributed by atoms with Crippen LogP contribution in [0.25, 0.3) is 17.1 Å². The lowest BCUT2D eigenvalue weighted by molar-refractivity contribution is 0.468. The third-order valence-electron chi connectivity index (χ3n) is 2.76. The predicted molar refractivity (Wildman–Crippen MR) is 77.3 cm³/mol. The van der Waals surface area contributed by atoms with Gasteiger partial charge < -0.3 is 10.5 Å². The molecule has 2 aromatic heterocycles. The molecule has 0 radical (unpaired) electrons. The monoisotopic (exact) mass is 267 g/mol. The molecule has 0 aliphatic rings. The summed E-state index contributed by atoms with van der Waals surface area (Å²) in [5.41, 5.74) is 7.18. The van der Waals surface area contributed by atoms with Crippen LogP contribution in [-0.2, 0) is 0 Å². The molecule has 2 heterocycles. The van der Waals surface area contributed by atoms with Crippen molar-refractivity contribution in [1.29, 1.82) is 0 Å². The van der Waals surface area contributed by atoms with E-state index >= 15 is 0 Å². The van der Waals surface area contributed by atoms with Gasteiger partial charge in [-0.2, -0.15) is 15.1 Å². The molecular weight excluding hydrogens is 254 g/mol. The fourth-order valence-corrected chi connectivity index (χ4v) is 1.90. The van der Waals surface area contributed by atoms with Crippen molar-refractivity contribution in [2.24, 2.45) is 0 Å². The minimum absolute atomic E-state index is 0.139. The average molecular weight is 267 g/mol. The van der Waals surface area contributed by atoms with Crippen molar-refractivity contribution < 1.29 is 4.74 Å². The normalized spacial score (nSPS) is 11.2. The SMILES string of the molecule is C/C=C/c1ccccc1Oc1nc(N)nc2[nH]ncc12. The fraction of sp³-hybridized carbons (Fsp3) is 0.0714. The number of hydrogen-bond donors (Lipinski definition) is 2. The van der Waals surface area contributed by atoms with E-state index in [1.165, 1.54) is 0 Å². The lowest BCUT2D eigenvalue weighted by Crippen LogP contribution is -1.98. The number of para-hydroxylation sites is 1. The maximum absolute atomic E-state index is 5.87. The van der Waals surface area contributed by atoms with Crippen molar-refractivity contribution in [1.82, 2.24) is 20.2 Å². The van der Waals surface area contributed by atoms with Crippen LogP contribution < -0.4 is 10.5 Å². The van der Waals surface area contributed by atoms with Gasteiger partial charge >= 0.3 is 0 Å². The summed E-state index contributed by atoms with van der Waals surface area (Å²) < 4.78 is 5.87. The second-order valence-electron chi connectivity index (χ2n) is 4.16. The van der Waals surface area contributed by atoms with Crippen molar-refractivity contribution in [3.63, 3.8) is 0 Å². The molecule has 0 fully saturated rings. The summed E-state index contributed by atoms with van der Waals surface area (Å²) >= 11 is 0. The summed E-state index contributed by atoms with van der Waals surface area (Å²) in [5, 5.41) is 7.37. The number of ether oxygens (including phenoxy) is 1. The van der Waals surface area contributed by atoms with Gasteiger partial charge in [0.15, 0.2) is 5.65 Å². The van der Waals surface area contributed by atoms with E-state index in [2.05, 4.69) is 20.2 Å². The number of nitrogens with zero attached hydrogens (tertiary/aromatic N) is 3. The lowest BCUT2D eigenvalue weighted by atomic mass is 10.2. The number of anilines is 1. The lowest BCUT2D eigenvalue weighted by Gasteiger charge is -2.08. The zero-order chi connectivity index (χ0) is 13.9. The Morgan fingerprint density at radius 3 is 2.95 bits per heavy atom. The van der Waals surface area contributed by atoms with Crippen LogP contribution in [0, 0.1) is 0 Å². The van der Waals surface area contributed by atoms with Gasteiger partial charge in [0.05, 0.1) is 6.20 Å². The van der Waals surface area contributed by atoms with E-state index in [4.69, 9.17) is 10.5 Å². The third-order valence-corrected chi connectivity index (χ3v) is 2.76. The highest BCUT2D eigenvalue weighted by atomic mass is 16.5. The summed E-state index contributed by atoms with van der Waals surface area (Å²) in [6, 6.07) is 7.69. The molecule has 0 saturated heterocycles. The number of aromatic amines is 1. The number of H-pyrrole nitrogens is 1. The molecule has 20 heavy (non-hydrogen) atoms. The molecule has 0 saturated carbocycles. The van der Waals surface area contributed by atoms with Crippen LogP contribution in [0.4, 0.5) is 5.95 Å². The van der Waals surface area contributed by atoms with E-state index in [-0.39, 0.29) is 5.95 Å². The molecule has 3 rings (SSSR count). The molecule has 0 spiro atoms. The molecule has 0 aliphatic carbocycles. The van der Waals surface area contributed by atoms with Crippen LogP contribution in [0.3, 0.4) is 0 Å². The van der Waals surface area contributed by atoms with Crippen LogP contribution in [0.1, 0.15) is 12.5 Å². The number of nitrogen functional groups attached to an aromatic ring is 1. The van der Waals surface area contributed by atoms with Gasteiger partial charge in [0.2, 0.25) is 11.8 Å². The first kappa shape index (κ1) is 12.2. The predicted octanol–water partition coefficient (Wildman–Crippen LogP) is 2.76. The Bertz CT molecular complexity index is 778. The second kappa shape index (κ2) is 5.00. The van der Waals surface area contributed by atoms with Crippen LogP contribution in [0.2, 0.25) is 0 Å². The summed E-state index contributed by atoms with van der Waals surface area (Å²) in [6.45, 7) is 1.95. The van der Waals surface area contributed by atoms with E-state index in [0.717, 1.165) is 5.56 Å². The molecule has 0 atom stereocenters. The number of nitrogens with one attached hydrogen (secondary N) is 1. The third kappa shape index (κ3) is 2.18. The van der Waals surface area contributed by atoms with E-state index in [9.17, 15) is 0 Å². The number of aromatic nitrogens is 4. The molecule has 0 bridgehead atoms. The molecule has 3 N–H and O–H groups in total. The van der Waals surface area contributed by atoms with Crippen molar-refractivity contribution >= 4 is 23.1 Å². The number of hydrogen-bond acceptors (Lipinski definition) is 5. The Morgan fingerprint density at radius 2 is 2.10 bits per heavy atom. The van der Waals surface area contributed by atoms with Gasteiger partial charge in [-0.15, -0.1) is 0 Å². The van der Waals surface area contributed by atoms with Gasteiger partial charge in [-0.25, -0.2) is 0 Å². The maximum Gasteiger partial charge on any atom is 0.235 e. The minimum Gasteiger partial charge on any atom is -0.437 e. The fourth-order valence-electron chi connectivity index (χ4n) is 1.90. The highest BCUT2D eigenvalue weighted by Crippen LogP contribution is 2.29. The first-order valence-electron chi connectivity index (χ1n) is 6.14. The quantitative estimate of drug-likeness (QED) is 0.761. The molecule has 1 aromatic carbocycles. The van der Waals surface area contributed by atoms with Gasteiger partial charge in [0.1, 0.15) is 11.1 Å². The summed E-state index contributed by atoms with van der Waals surface area (Å²) in [5.74, 6) is 1.23. The summed E-state index contributed by atoms with van der Waals surface area (Å²) in [7, 11) is 0. The van der Waals surface area contributed by atoms with Crippen LogP contribution in [-0.4, -0.2) is 20.2 Å². The van der Waals surface area contributed by atoms with Crippen LogP contribution >= 0.6 is 0 Å². The number of rotatable bonds is 3. The standard InChI is InChI=1S/C14H13N5O/c1-2-5-9-6-3-4-7-11(9)20-13-10-8-16-19-12(10)17-14(15)18-13/h2-8H,1H3,(H3,15,16,17,18,19)/b5-2+.